The number of piperazine rings is 1. The van der Waals surface area contributed by atoms with Crippen LogP contribution in [0, 0.1) is 0 Å². The maximum Gasteiger partial charge on any atom is 0.416 e. The average molecular weight is 715 g/mol. The second-order valence-corrected chi connectivity index (χ2v) is 15.6. The number of alkyl halides is 3. The molecular formula is C30H37F3N6O7S2. The molecule has 1 atom stereocenters. The molecule has 1 fully saturated rings. The molecule has 1 aromatic heterocycles. The molecule has 5 rings (SSSR count). The first-order valence-electron chi connectivity index (χ1n) is 15.0. The fraction of sp³-hybridized carbons (Fsp3) is 0.467. The summed E-state index contributed by atoms with van der Waals surface area (Å²) in [6.07, 6.45) is -2.99. The van der Waals surface area contributed by atoms with Crippen molar-refractivity contribution in [3.63, 3.8) is 0 Å². The van der Waals surface area contributed by atoms with Crippen LogP contribution in [0.2, 0.25) is 0 Å². The van der Waals surface area contributed by atoms with Gasteiger partial charge in [-0.2, -0.15) is 22.6 Å². The Kier molecular flexibility index (Phi) is 10.1. The normalized spacial score (nSPS) is 17.2. The van der Waals surface area contributed by atoms with E-state index < -0.39 is 43.9 Å². The Morgan fingerprint density at radius 3 is 2.25 bits per heavy atom. The summed E-state index contributed by atoms with van der Waals surface area (Å²) in [6, 6.07) is 9.21. The molecule has 0 amide bonds. The highest BCUT2D eigenvalue weighted by atomic mass is 32.2. The van der Waals surface area contributed by atoms with Crippen LogP contribution in [0.3, 0.4) is 0 Å². The zero-order valence-electron chi connectivity index (χ0n) is 26.6. The van der Waals surface area contributed by atoms with Crippen molar-refractivity contribution in [1.29, 1.82) is 0 Å². The fourth-order valence-corrected chi connectivity index (χ4v) is 7.45. The number of aromatic nitrogens is 2. The number of nitrogens with one attached hydrogen (secondary N) is 1. The van der Waals surface area contributed by atoms with Gasteiger partial charge in [-0.25, -0.2) is 21.6 Å². The van der Waals surface area contributed by atoms with E-state index in [2.05, 4.69) is 9.82 Å². The highest BCUT2D eigenvalue weighted by molar-refractivity contribution is 7.92. The van der Waals surface area contributed by atoms with Crippen molar-refractivity contribution in [2.24, 2.45) is 0 Å². The number of para-hydroxylation sites is 1. The molecule has 13 nitrogen and oxygen atoms in total. The monoisotopic (exact) mass is 714 g/mol. The van der Waals surface area contributed by atoms with Crippen molar-refractivity contribution >= 4 is 37.4 Å². The molecule has 0 aliphatic carbocycles. The number of halogens is 3. The molecule has 2 aliphatic rings. The van der Waals surface area contributed by atoms with Crippen LogP contribution in [0.5, 0.6) is 0 Å². The number of esters is 1. The van der Waals surface area contributed by atoms with E-state index in [1.165, 1.54) is 23.5 Å². The number of hydrogen-bond acceptors (Lipinski definition) is 10. The number of carbonyl (C=O) groups excluding carboxylic acids is 1. The van der Waals surface area contributed by atoms with Crippen LogP contribution in [0.1, 0.15) is 27.2 Å². The molecule has 0 radical (unpaired) electrons. The topological polar surface area (TPSA) is 154 Å². The van der Waals surface area contributed by atoms with Crippen LogP contribution in [0.25, 0.3) is 11.3 Å². The molecule has 2 aliphatic heterocycles. The SMILES string of the molecule is COC(=O)c1cccc(NS(C)(=O)=O)c1N1CCN(CC(O)Cn2nc(-c3ccc(C(F)(F)F)cc3)c3c2CCN(S(C)(=O)=O)C3)CC1. The maximum atomic E-state index is 13.2. The number of sulfonamides is 2. The molecule has 0 bridgehead atoms. The van der Waals surface area contributed by atoms with E-state index >= 15 is 0 Å². The molecule has 0 saturated carbocycles. The fourth-order valence-electron chi connectivity index (χ4n) is 6.10. The predicted octanol–water partition coefficient (Wildman–Crippen LogP) is 2.23. The molecule has 48 heavy (non-hydrogen) atoms. The third-order valence-corrected chi connectivity index (χ3v) is 10.2. The zero-order chi connectivity index (χ0) is 35.0. The summed E-state index contributed by atoms with van der Waals surface area (Å²) < 4.78 is 98.6. The summed E-state index contributed by atoms with van der Waals surface area (Å²) >= 11 is 0. The lowest BCUT2D eigenvalue weighted by Gasteiger charge is -2.38. The number of benzene rings is 2. The molecule has 18 heteroatoms. The molecule has 262 valence electrons. The number of aliphatic hydroxyl groups excluding tert-OH is 1. The first-order valence-corrected chi connectivity index (χ1v) is 18.7. The minimum Gasteiger partial charge on any atom is -0.465 e. The Morgan fingerprint density at radius 1 is 1.00 bits per heavy atom. The summed E-state index contributed by atoms with van der Waals surface area (Å²) in [7, 11) is -5.94. The Balaban J connectivity index is 1.32. The number of carbonyl (C=O) groups is 1. The van der Waals surface area contributed by atoms with Gasteiger partial charge in [-0.1, -0.05) is 18.2 Å². The van der Waals surface area contributed by atoms with E-state index in [0.717, 1.165) is 24.6 Å². The van der Waals surface area contributed by atoms with E-state index in [9.17, 15) is 39.9 Å². The minimum atomic E-state index is -4.51. The van der Waals surface area contributed by atoms with E-state index in [4.69, 9.17) is 4.74 Å². The van der Waals surface area contributed by atoms with Crippen molar-refractivity contribution in [3.8, 4) is 11.3 Å². The first-order chi connectivity index (χ1) is 22.4. The molecule has 3 aromatic rings. The quantitative estimate of drug-likeness (QED) is 0.299. The minimum absolute atomic E-state index is 0.00576. The van der Waals surface area contributed by atoms with Crippen LogP contribution in [-0.4, -0.2) is 112 Å². The smallest absolute Gasteiger partial charge is 0.416 e. The zero-order valence-corrected chi connectivity index (χ0v) is 28.2. The van der Waals surface area contributed by atoms with Crippen molar-refractivity contribution < 1.29 is 44.6 Å². The molecule has 2 N–H and O–H groups in total. The van der Waals surface area contributed by atoms with Crippen molar-refractivity contribution in [2.45, 2.75) is 31.8 Å². The second-order valence-electron chi connectivity index (χ2n) is 11.9. The van der Waals surface area contributed by atoms with Gasteiger partial charge in [0.2, 0.25) is 20.0 Å². The van der Waals surface area contributed by atoms with Crippen LogP contribution in [0.4, 0.5) is 24.5 Å². The van der Waals surface area contributed by atoms with Gasteiger partial charge in [-0.3, -0.25) is 14.3 Å². The van der Waals surface area contributed by atoms with Gasteiger partial charge in [0, 0.05) is 69.1 Å². The summed E-state index contributed by atoms with van der Waals surface area (Å²) in [5, 5.41) is 15.8. The van der Waals surface area contributed by atoms with Crippen molar-refractivity contribution in [3.05, 3.63) is 64.8 Å². The van der Waals surface area contributed by atoms with Crippen molar-refractivity contribution in [1.82, 2.24) is 19.0 Å². The Hall–Kier alpha value is -3.71. The first kappa shape index (κ1) is 35.6. The summed E-state index contributed by atoms with van der Waals surface area (Å²) in [4.78, 5) is 16.4. The summed E-state index contributed by atoms with van der Waals surface area (Å²) in [6.45, 7) is 2.29. The van der Waals surface area contributed by atoms with Crippen LogP contribution < -0.4 is 9.62 Å². The Morgan fingerprint density at radius 2 is 1.67 bits per heavy atom. The van der Waals surface area contributed by atoms with Crippen LogP contribution in [0.15, 0.2) is 42.5 Å². The summed E-state index contributed by atoms with van der Waals surface area (Å²) in [5.41, 5.74) is 2.08. The number of aliphatic hydroxyl groups is 1. The lowest BCUT2D eigenvalue weighted by atomic mass is 10.0. The van der Waals surface area contributed by atoms with Gasteiger partial charge in [0.05, 0.1) is 60.5 Å². The van der Waals surface area contributed by atoms with Crippen LogP contribution >= 0.6 is 0 Å². The number of nitrogens with zero attached hydrogens (tertiary/aromatic N) is 5. The van der Waals surface area contributed by atoms with E-state index in [1.54, 1.807) is 22.9 Å². The van der Waals surface area contributed by atoms with Crippen LogP contribution in [-0.2, 0) is 50.5 Å². The molecular weight excluding hydrogens is 677 g/mol. The van der Waals surface area contributed by atoms with E-state index in [-0.39, 0.29) is 37.4 Å². The molecule has 0 spiro atoms. The third-order valence-electron chi connectivity index (χ3n) is 8.33. The molecule has 3 heterocycles. The highest BCUT2D eigenvalue weighted by Gasteiger charge is 2.33. The van der Waals surface area contributed by atoms with Gasteiger partial charge in [0.25, 0.3) is 0 Å². The van der Waals surface area contributed by atoms with Crippen molar-refractivity contribution in [2.75, 3.05) is 68.5 Å². The Labute approximate surface area is 277 Å². The highest BCUT2D eigenvalue weighted by Crippen LogP contribution is 2.35. The number of fused-ring (bicyclic) bond motifs is 1. The number of methoxy groups -OCH3 is 1. The lowest BCUT2D eigenvalue weighted by Crippen LogP contribution is -2.49. The van der Waals surface area contributed by atoms with Gasteiger partial charge >= 0.3 is 12.1 Å². The summed E-state index contributed by atoms with van der Waals surface area (Å²) in [5.74, 6) is -0.613. The second kappa shape index (κ2) is 13.7. The average Bonchev–Trinajstić information content (AvgIpc) is 3.36. The lowest BCUT2D eigenvalue weighted by molar-refractivity contribution is -0.137. The van der Waals surface area contributed by atoms with Gasteiger partial charge in [0.15, 0.2) is 0 Å². The maximum absolute atomic E-state index is 13.2. The van der Waals surface area contributed by atoms with Gasteiger partial charge < -0.3 is 14.7 Å². The number of β-amino-alcohol motifs (C(OH)–C–C–N with tert-alkyl or cyclic N) is 1. The predicted molar refractivity (Wildman–Crippen MR) is 173 cm³/mol. The van der Waals surface area contributed by atoms with Gasteiger partial charge in [-0.15, -0.1) is 0 Å². The van der Waals surface area contributed by atoms with E-state index in [0.29, 0.717) is 60.8 Å². The number of hydrogen-bond donors (Lipinski definition) is 2. The molecule has 1 unspecified atom stereocenters. The molecule has 2 aromatic carbocycles. The van der Waals surface area contributed by atoms with E-state index in [1.807, 2.05) is 9.80 Å². The van der Waals surface area contributed by atoms with Gasteiger partial charge in [0.1, 0.15) is 0 Å². The number of ether oxygens (including phenoxy) is 1. The van der Waals surface area contributed by atoms with Gasteiger partial charge in [-0.05, 0) is 24.3 Å². The third kappa shape index (κ3) is 8.11. The largest absolute Gasteiger partial charge is 0.465 e. The standard InChI is InChI=1S/C30H37F3N6O7S2/c1-46-29(41)23-5-4-6-25(35-47(2,42)43)28(23)37-15-13-36(14-16-37)17-22(40)18-39-26-11-12-38(48(3,44)45)19-24(26)27(34-39)20-7-9-21(10-8-20)30(31,32)33/h4-10,22,35,40H,11-19H2,1-3H3. The number of rotatable bonds is 10. The molecule has 1 saturated heterocycles. The Bertz CT molecular complexity index is 1880. The number of anilines is 2.